The van der Waals surface area contributed by atoms with Gasteiger partial charge < -0.3 is 14.5 Å². The van der Waals surface area contributed by atoms with Crippen LogP contribution in [0.5, 0.6) is 0 Å². The minimum Gasteiger partial charge on any atom is -0.463 e. The van der Waals surface area contributed by atoms with Gasteiger partial charge in [0.15, 0.2) is 5.76 Å². The highest BCUT2D eigenvalue weighted by Crippen LogP contribution is 2.22. The first-order valence-corrected chi connectivity index (χ1v) is 8.56. The van der Waals surface area contributed by atoms with Gasteiger partial charge in [-0.2, -0.15) is 18.3 Å². The molecule has 3 aromatic rings. The standard InChI is InChI=1S/C19H18F3N3O3/c20-19(21,22)13-27-10-5-9-23-18(26)16-12-15(17-8-4-11-28-17)24-25(16)14-6-2-1-3-7-14/h1-4,6-8,11-12H,5,9-10,13H2,(H,23,26). The van der Waals surface area contributed by atoms with E-state index in [2.05, 4.69) is 15.2 Å². The van der Waals surface area contributed by atoms with E-state index in [0.29, 0.717) is 17.1 Å². The van der Waals surface area contributed by atoms with Crippen molar-refractivity contribution in [2.75, 3.05) is 19.8 Å². The number of ether oxygens (including phenoxy) is 1. The van der Waals surface area contributed by atoms with Crippen LogP contribution in [0, 0.1) is 0 Å². The maximum atomic E-state index is 12.6. The van der Waals surface area contributed by atoms with Crippen LogP contribution in [-0.4, -0.2) is 41.6 Å². The van der Waals surface area contributed by atoms with Crippen LogP contribution in [0.25, 0.3) is 17.1 Å². The summed E-state index contributed by atoms with van der Waals surface area (Å²) in [4.78, 5) is 12.6. The molecule has 0 saturated heterocycles. The number of benzene rings is 1. The number of furan rings is 1. The smallest absolute Gasteiger partial charge is 0.411 e. The topological polar surface area (TPSA) is 69.3 Å². The molecule has 2 heterocycles. The Kier molecular flexibility index (Phi) is 6.15. The summed E-state index contributed by atoms with van der Waals surface area (Å²) < 4.78 is 47.4. The lowest BCUT2D eigenvalue weighted by Gasteiger charge is -2.09. The predicted octanol–water partition coefficient (Wildman–Crippen LogP) is 3.83. The fourth-order valence-corrected chi connectivity index (χ4v) is 2.51. The van der Waals surface area contributed by atoms with Crippen molar-refractivity contribution in [3.05, 3.63) is 60.5 Å². The van der Waals surface area contributed by atoms with E-state index in [1.807, 2.05) is 18.2 Å². The molecule has 0 fully saturated rings. The summed E-state index contributed by atoms with van der Waals surface area (Å²) in [7, 11) is 0. The van der Waals surface area contributed by atoms with E-state index in [4.69, 9.17) is 4.42 Å². The number of carbonyl (C=O) groups excluding carboxylic acids is 1. The van der Waals surface area contributed by atoms with Crippen LogP contribution < -0.4 is 5.32 Å². The van der Waals surface area contributed by atoms with Crippen LogP contribution in [0.4, 0.5) is 13.2 Å². The van der Waals surface area contributed by atoms with Gasteiger partial charge in [0.1, 0.15) is 18.0 Å². The van der Waals surface area contributed by atoms with Crippen LogP contribution >= 0.6 is 0 Å². The second-order valence-electron chi connectivity index (χ2n) is 5.92. The molecule has 6 nitrogen and oxygen atoms in total. The summed E-state index contributed by atoms with van der Waals surface area (Å²) >= 11 is 0. The van der Waals surface area contributed by atoms with E-state index in [0.717, 1.165) is 0 Å². The van der Waals surface area contributed by atoms with Crippen LogP contribution in [0.2, 0.25) is 0 Å². The molecule has 0 saturated carbocycles. The van der Waals surface area contributed by atoms with Gasteiger partial charge in [0.2, 0.25) is 0 Å². The average molecular weight is 393 g/mol. The van der Waals surface area contributed by atoms with Gasteiger partial charge in [-0.25, -0.2) is 4.68 Å². The maximum absolute atomic E-state index is 12.6. The van der Waals surface area contributed by atoms with Crippen molar-refractivity contribution in [3.63, 3.8) is 0 Å². The van der Waals surface area contributed by atoms with Crippen molar-refractivity contribution < 1.29 is 27.1 Å². The van der Waals surface area contributed by atoms with Gasteiger partial charge in [-0.05, 0) is 30.7 Å². The number of para-hydroxylation sites is 1. The SMILES string of the molecule is O=C(NCCCOCC(F)(F)F)c1cc(-c2ccco2)nn1-c1ccccc1. The van der Waals surface area contributed by atoms with Crippen LogP contribution in [-0.2, 0) is 4.74 Å². The summed E-state index contributed by atoms with van der Waals surface area (Å²) in [6, 6.07) is 14.2. The minimum absolute atomic E-state index is 0.102. The molecule has 2 aromatic heterocycles. The highest BCUT2D eigenvalue weighted by molar-refractivity contribution is 5.94. The summed E-state index contributed by atoms with van der Waals surface area (Å²) in [6.07, 6.45) is -2.59. The fraction of sp³-hybridized carbons (Fsp3) is 0.263. The average Bonchev–Trinajstić information content (AvgIpc) is 3.33. The summed E-state index contributed by atoms with van der Waals surface area (Å²) in [5, 5.41) is 7.11. The number of nitrogens with zero attached hydrogens (tertiary/aromatic N) is 2. The Balaban J connectivity index is 1.67. The molecule has 0 radical (unpaired) electrons. The molecular weight excluding hydrogens is 375 g/mol. The Morgan fingerprint density at radius 2 is 1.96 bits per heavy atom. The second-order valence-corrected chi connectivity index (χ2v) is 5.92. The molecule has 0 aliphatic carbocycles. The van der Waals surface area contributed by atoms with E-state index in [1.165, 1.54) is 10.9 Å². The molecule has 9 heteroatoms. The van der Waals surface area contributed by atoms with Gasteiger partial charge in [-0.15, -0.1) is 0 Å². The Hall–Kier alpha value is -3.07. The molecule has 0 unspecified atom stereocenters. The van der Waals surface area contributed by atoms with Gasteiger partial charge in [-0.1, -0.05) is 18.2 Å². The number of halogens is 3. The predicted molar refractivity (Wildman–Crippen MR) is 95.1 cm³/mol. The number of hydrogen-bond acceptors (Lipinski definition) is 4. The molecule has 0 aliphatic heterocycles. The molecule has 1 amide bonds. The van der Waals surface area contributed by atoms with Crippen LogP contribution in [0.1, 0.15) is 16.9 Å². The third-order valence-corrected chi connectivity index (χ3v) is 3.73. The number of rotatable bonds is 8. The molecule has 0 bridgehead atoms. The Bertz CT molecular complexity index is 890. The van der Waals surface area contributed by atoms with Crippen molar-refractivity contribution in [1.29, 1.82) is 0 Å². The normalized spacial score (nSPS) is 11.5. The van der Waals surface area contributed by atoms with Crippen molar-refractivity contribution in [2.45, 2.75) is 12.6 Å². The first-order chi connectivity index (χ1) is 13.4. The van der Waals surface area contributed by atoms with E-state index >= 15 is 0 Å². The van der Waals surface area contributed by atoms with Crippen molar-refractivity contribution in [3.8, 4) is 17.1 Å². The van der Waals surface area contributed by atoms with Crippen molar-refractivity contribution in [1.82, 2.24) is 15.1 Å². The number of nitrogens with one attached hydrogen (secondary N) is 1. The zero-order chi connectivity index (χ0) is 20.0. The lowest BCUT2D eigenvalue weighted by molar-refractivity contribution is -0.173. The van der Waals surface area contributed by atoms with Gasteiger partial charge in [0.05, 0.1) is 12.0 Å². The molecule has 28 heavy (non-hydrogen) atoms. The summed E-state index contributed by atoms with van der Waals surface area (Å²) in [5.74, 6) is 0.120. The van der Waals surface area contributed by atoms with E-state index in [1.54, 1.807) is 30.3 Å². The first kappa shape index (κ1) is 19.7. The highest BCUT2D eigenvalue weighted by Gasteiger charge is 2.27. The fourth-order valence-electron chi connectivity index (χ4n) is 2.51. The third kappa shape index (κ3) is 5.23. The Morgan fingerprint density at radius 3 is 2.64 bits per heavy atom. The molecular formula is C19H18F3N3O3. The number of alkyl halides is 3. The third-order valence-electron chi connectivity index (χ3n) is 3.73. The largest absolute Gasteiger partial charge is 0.463 e. The van der Waals surface area contributed by atoms with Gasteiger partial charge in [0, 0.05) is 19.2 Å². The Labute approximate surface area is 158 Å². The van der Waals surface area contributed by atoms with E-state index in [9.17, 15) is 18.0 Å². The first-order valence-electron chi connectivity index (χ1n) is 8.56. The second kappa shape index (κ2) is 8.75. The maximum Gasteiger partial charge on any atom is 0.411 e. The number of hydrogen-bond donors (Lipinski definition) is 1. The quantitative estimate of drug-likeness (QED) is 0.591. The molecule has 3 rings (SSSR count). The van der Waals surface area contributed by atoms with Gasteiger partial charge in [-0.3, -0.25) is 4.79 Å². The van der Waals surface area contributed by atoms with Crippen LogP contribution in [0.3, 0.4) is 0 Å². The number of aromatic nitrogens is 2. The van der Waals surface area contributed by atoms with Gasteiger partial charge >= 0.3 is 6.18 Å². The zero-order valence-corrected chi connectivity index (χ0v) is 14.8. The summed E-state index contributed by atoms with van der Waals surface area (Å²) in [6.45, 7) is -1.23. The minimum atomic E-state index is -4.35. The molecule has 1 N–H and O–H groups in total. The van der Waals surface area contributed by atoms with Crippen molar-refractivity contribution in [2.24, 2.45) is 0 Å². The molecule has 0 atom stereocenters. The van der Waals surface area contributed by atoms with Crippen LogP contribution in [0.15, 0.2) is 59.2 Å². The highest BCUT2D eigenvalue weighted by atomic mass is 19.4. The Morgan fingerprint density at radius 1 is 1.18 bits per heavy atom. The lowest BCUT2D eigenvalue weighted by Crippen LogP contribution is -2.28. The van der Waals surface area contributed by atoms with Gasteiger partial charge in [0.25, 0.3) is 5.91 Å². The van der Waals surface area contributed by atoms with E-state index in [-0.39, 0.29) is 25.3 Å². The molecule has 1 aromatic carbocycles. The molecule has 0 aliphatic rings. The number of carbonyl (C=O) groups is 1. The summed E-state index contributed by atoms with van der Waals surface area (Å²) in [5.41, 5.74) is 1.47. The number of amides is 1. The van der Waals surface area contributed by atoms with E-state index < -0.39 is 18.7 Å². The van der Waals surface area contributed by atoms with Crippen molar-refractivity contribution >= 4 is 5.91 Å². The lowest BCUT2D eigenvalue weighted by atomic mass is 10.2. The molecule has 0 spiro atoms. The zero-order valence-electron chi connectivity index (χ0n) is 14.8. The monoisotopic (exact) mass is 393 g/mol. The molecule has 148 valence electrons.